The lowest BCUT2D eigenvalue weighted by Crippen LogP contribution is -1.96. The van der Waals surface area contributed by atoms with Crippen LogP contribution in [0, 0.1) is 5.82 Å². The van der Waals surface area contributed by atoms with E-state index >= 15 is 0 Å². The zero-order valence-corrected chi connectivity index (χ0v) is 16.7. The lowest BCUT2D eigenvalue weighted by atomic mass is 9.98. The summed E-state index contributed by atoms with van der Waals surface area (Å²) in [5.41, 5.74) is 2.81. The molecule has 3 rings (SSSR count). The normalized spacial score (nSPS) is 10.9. The third-order valence-corrected chi connectivity index (χ3v) is 5.06. The number of phenols is 1. The van der Waals surface area contributed by atoms with Crippen molar-refractivity contribution >= 4 is 34.8 Å². The SMILES string of the molecule is CCOc1cc(Cl)c(Cc2ccc(O)c(-c3ccc(F)c(Cl)c3)c2)c(Cl)c1. The molecule has 0 radical (unpaired) electrons. The van der Waals surface area contributed by atoms with E-state index in [1.165, 1.54) is 12.1 Å². The second kappa shape index (κ2) is 8.39. The Morgan fingerprint density at radius 2 is 1.63 bits per heavy atom. The second-order valence-corrected chi connectivity index (χ2v) is 7.18. The highest BCUT2D eigenvalue weighted by molar-refractivity contribution is 6.36. The van der Waals surface area contributed by atoms with Crippen LogP contribution in [0.25, 0.3) is 11.1 Å². The Kier molecular flexibility index (Phi) is 6.15. The number of hydrogen-bond acceptors (Lipinski definition) is 2. The number of rotatable bonds is 5. The predicted octanol–water partition coefficient (Wildman–Crippen LogP) is 7.15. The van der Waals surface area contributed by atoms with Crippen molar-refractivity contribution in [2.75, 3.05) is 6.61 Å². The van der Waals surface area contributed by atoms with Gasteiger partial charge in [-0.1, -0.05) is 46.9 Å². The number of benzene rings is 3. The monoisotopic (exact) mass is 424 g/mol. The molecule has 0 unspecified atom stereocenters. The van der Waals surface area contributed by atoms with Crippen molar-refractivity contribution < 1.29 is 14.2 Å². The smallest absolute Gasteiger partial charge is 0.141 e. The van der Waals surface area contributed by atoms with Gasteiger partial charge in [-0.2, -0.15) is 0 Å². The van der Waals surface area contributed by atoms with Gasteiger partial charge in [0.25, 0.3) is 0 Å². The van der Waals surface area contributed by atoms with Gasteiger partial charge in [0.1, 0.15) is 17.3 Å². The van der Waals surface area contributed by atoms with Crippen molar-refractivity contribution in [3.63, 3.8) is 0 Å². The number of aromatic hydroxyl groups is 1. The summed E-state index contributed by atoms with van der Waals surface area (Å²) < 4.78 is 18.9. The zero-order chi connectivity index (χ0) is 19.6. The standard InChI is InChI=1S/C21H16Cl3FO2/c1-2-27-14-10-17(22)16(18(23)11-14)8-12-3-6-21(26)15(7-12)13-4-5-20(25)19(24)9-13/h3-7,9-11,26H,2,8H2,1H3. The van der Waals surface area contributed by atoms with E-state index in [-0.39, 0.29) is 10.8 Å². The van der Waals surface area contributed by atoms with Crippen LogP contribution in [0.4, 0.5) is 4.39 Å². The first-order valence-corrected chi connectivity index (χ1v) is 9.40. The second-order valence-electron chi connectivity index (χ2n) is 5.96. The van der Waals surface area contributed by atoms with Crippen LogP contribution in [-0.4, -0.2) is 11.7 Å². The molecule has 0 bridgehead atoms. The maximum atomic E-state index is 13.4. The van der Waals surface area contributed by atoms with Gasteiger partial charge >= 0.3 is 0 Å². The minimum absolute atomic E-state index is 0.00472. The highest BCUT2D eigenvalue weighted by Crippen LogP contribution is 2.36. The maximum Gasteiger partial charge on any atom is 0.141 e. The van der Waals surface area contributed by atoms with Crippen LogP contribution < -0.4 is 4.74 Å². The van der Waals surface area contributed by atoms with Gasteiger partial charge in [0, 0.05) is 22.0 Å². The van der Waals surface area contributed by atoms with Gasteiger partial charge in [-0.15, -0.1) is 0 Å². The topological polar surface area (TPSA) is 29.5 Å². The van der Waals surface area contributed by atoms with Crippen LogP contribution in [0.1, 0.15) is 18.1 Å². The molecule has 0 amide bonds. The molecular weight excluding hydrogens is 410 g/mol. The summed E-state index contributed by atoms with van der Waals surface area (Å²) in [6.07, 6.45) is 0.465. The Hall–Kier alpha value is -1.94. The van der Waals surface area contributed by atoms with Gasteiger partial charge in [0.05, 0.1) is 11.6 Å². The van der Waals surface area contributed by atoms with Crippen molar-refractivity contribution in [2.45, 2.75) is 13.3 Å². The van der Waals surface area contributed by atoms with Gasteiger partial charge in [-0.05, 0) is 60.0 Å². The highest BCUT2D eigenvalue weighted by atomic mass is 35.5. The Bertz CT molecular complexity index is 966. The first-order valence-electron chi connectivity index (χ1n) is 8.27. The van der Waals surface area contributed by atoms with E-state index in [0.717, 1.165) is 11.1 Å². The Morgan fingerprint density at radius 3 is 2.26 bits per heavy atom. The van der Waals surface area contributed by atoms with Gasteiger partial charge < -0.3 is 9.84 Å². The van der Waals surface area contributed by atoms with Crippen molar-refractivity contribution in [3.05, 3.63) is 80.5 Å². The number of hydrogen-bond donors (Lipinski definition) is 1. The number of ether oxygens (including phenoxy) is 1. The molecule has 0 atom stereocenters. The number of halogens is 4. The molecule has 6 heteroatoms. The van der Waals surface area contributed by atoms with Crippen LogP contribution in [-0.2, 0) is 6.42 Å². The Morgan fingerprint density at radius 1 is 0.926 bits per heavy atom. The first kappa shape index (κ1) is 19.8. The fraction of sp³-hybridized carbons (Fsp3) is 0.143. The first-order chi connectivity index (χ1) is 12.9. The van der Waals surface area contributed by atoms with E-state index in [1.807, 2.05) is 13.0 Å². The Labute approximate surface area is 172 Å². The molecule has 3 aromatic rings. The predicted molar refractivity (Wildman–Crippen MR) is 109 cm³/mol. The van der Waals surface area contributed by atoms with Gasteiger partial charge in [0.15, 0.2) is 0 Å². The van der Waals surface area contributed by atoms with Gasteiger partial charge in [-0.3, -0.25) is 0 Å². The van der Waals surface area contributed by atoms with Crippen molar-refractivity contribution in [1.82, 2.24) is 0 Å². The fourth-order valence-electron chi connectivity index (χ4n) is 2.79. The maximum absolute atomic E-state index is 13.4. The molecule has 0 aromatic heterocycles. The summed E-state index contributed by atoms with van der Waals surface area (Å²) in [6, 6.07) is 12.9. The number of phenolic OH excluding ortho intramolecular Hbond substituents is 1. The quantitative estimate of drug-likeness (QED) is 0.470. The van der Waals surface area contributed by atoms with Crippen LogP contribution in [0.2, 0.25) is 15.1 Å². The average Bonchev–Trinajstić information content (AvgIpc) is 2.62. The minimum Gasteiger partial charge on any atom is -0.507 e. The molecule has 0 fully saturated rings. The fourth-order valence-corrected chi connectivity index (χ4v) is 3.57. The van der Waals surface area contributed by atoms with E-state index in [9.17, 15) is 9.50 Å². The molecule has 0 saturated carbocycles. The van der Waals surface area contributed by atoms with Gasteiger partial charge in [-0.25, -0.2) is 4.39 Å². The zero-order valence-electron chi connectivity index (χ0n) is 14.4. The molecule has 0 heterocycles. The molecule has 3 aromatic carbocycles. The van der Waals surface area contributed by atoms with Crippen molar-refractivity contribution in [1.29, 1.82) is 0 Å². The molecule has 0 spiro atoms. The van der Waals surface area contributed by atoms with E-state index in [1.54, 1.807) is 30.3 Å². The van der Waals surface area contributed by atoms with Crippen molar-refractivity contribution in [3.8, 4) is 22.6 Å². The average molecular weight is 426 g/mol. The molecule has 0 saturated heterocycles. The van der Waals surface area contributed by atoms with E-state index < -0.39 is 5.82 Å². The van der Waals surface area contributed by atoms with Gasteiger partial charge in [0.2, 0.25) is 0 Å². The lowest BCUT2D eigenvalue weighted by Gasteiger charge is -2.12. The van der Waals surface area contributed by atoms with Crippen LogP contribution in [0.15, 0.2) is 48.5 Å². The lowest BCUT2D eigenvalue weighted by molar-refractivity contribution is 0.340. The molecule has 2 nitrogen and oxygen atoms in total. The summed E-state index contributed by atoms with van der Waals surface area (Å²) in [5, 5.41) is 11.2. The van der Waals surface area contributed by atoms with E-state index in [2.05, 4.69) is 0 Å². The molecule has 27 heavy (non-hydrogen) atoms. The third-order valence-electron chi connectivity index (χ3n) is 4.10. The molecule has 140 valence electrons. The van der Waals surface area contributed by atoms with Crippen molar-refractivity contribution in [2.24, 2.45) is 0 Å². The third kappa shape index (κ3) is 4.49. The summed E-state index contributed by atoms with van der Waals surface area (Å²) >= 11 is 18.6. The highest BCUT2D eigenvalue weighted by Gasteiger charge is 2.13. The van der Waals surface area contributed by atoms with Crippen LogP contribution >= 0.6 is 34.8 Å². The van der Waals surface area contributed by atoms with E-state index in [4.69, 9.17) is 39.5 Å². The minimum atomic E-state index is -0.510. The molecule has 0 aliphatic heterocycles. The molecule has 0 aliphatic carbocycles. The summed E-state index contributed by atoms with van der Waals surface area (Å²) in [6.45, 7) is 2.41. The molecule has 0 aliphatic rings. The summed E-state index contributed by atoms with van der Waals surface area (Å²) in [4.78, 5) is 0. The summed E-state index contributed by atoms with van der Waals surface area (Å²) in [7, 11) is 0. The Balaban J connectivity index is 1.96. The van der Waals surface area contributed by atoms with E-state index in [0.29, 0.717) is 39.9 Å². The summed E-state index contributed by atoms with van der Waals surface area (Å²) in [5.74, 6) is 0.179. The molecular formula is C21H16Cl3FO2. The van der Waals surface area contributed by atoms with Crippen LogP contribution in [0.3, 0.4) is 0 Å². The molecule has 1 N–H and O–H groups in total. The van der Waals surface area contributed by atoms with Crippen LogP contribution in [0.5, 0.6) is 11.5 Å². The largest absolute Gasteiger partial charge is 0.507 e.